The lowest BCUT2D eigenvalue weighted by atomic mass is 10.2. The number of aryl methyl sites for hydroxylation is 1. The second kappa shape index (κ2) is 6.42. The van der Waals surface area contributed by atoms with Crippen LogP contribution >= 0.6 is 11.3 Å². The summed E-state index contributed by atoms with van der Waals surface area (Å²) in [5.41, 5.74) is 0.949. The van der Waals surface area contributed by atoms with Gasteiger partial charge in [0.15, 0.2) is 5.01 Å². The summed E-state index contributed by atoms with van der Waals surface area (Å²) < 4.78 is 5.27. The summed E-state index contributed by atoms with van der Waals surface area (Å²) in [6.07, 6.45) is 5.45. The van der Waals surface area contributed by atoms with Crippen LogP contribution in [0, 0.1) is 0 Å². The van der Waals surface area contributed by atoms with Crippen LogP contribution in [0.5, 0.6) is 5.75 Å². The molecule has 0 radical (unpaired) electrons. The Morgan fingerprint density at radius 1 is 1.39 bits per heavy atom. The summed E-state index contributed by atoms with van der Waals surface area (Å²) in [5.74, 6) is 0.732. The molecule has 0 aliphatic heterocycles. The summed E-state index contributed by atoms with van der Waals surface area (Å²) in [5, 5.41) is 13.5. The van der Waals surface area contributed by atoms with Gasteiger partial charge in [-0.3, -0.25) is 4.98 Å². The van der Waals surface area contributed by atoms with Gasteiger partial charge in [-0.2, -0.15) is 0 Å². The predicted molar refractivity (Wildman–Crippen MR) is 71.9 cm³/mol. The molecule has 2 aromatic rings. The minimum atomic E-state index is 0.732. The van der Waals surface area contributed by atoms with Crippen LogP contribution in [0.25, 0.3) is 10.6 Å². The zero-order valence-corrected chi connectivity index (χ0v) is 11.3. The fourth-order valence-electron chi connectivity index (χ4n) is 1.60. The molecule has 5 nitrogen and oxygen atoms in total. The Morgan fingerprint density at radius 2 is 2.28 bits per heavy atom. The number of ether oxygens (including phenoxy) is 1. The first kappa shape index (κ1) is 12.9. The Hall–Kier alpha value is -1.53. The Morgan fingerprint density at radius 3 is 3.06 bits per heavy atom. The smallest absolute Gasteiger partial charge is 0.151 e. The molecule has 1 N–H and O–H groups in total. The number of rotatable bonds is 6. The van der Waals surface area contributed by atoms with E-state index in [4.69, 9.17) is 4.74 Å². The zero-order valence-electron chi connectivity index (χ0n) is 10.5. The van der Waals surface area contributed by atoms with Gasteiger partial charge in [0.25, 0.3) is 0 Å². The van der Waals surface area contributed by atoms with Crippen LogP contribution in [-0.2, 0) is 6.42 Å². The van der Waals surface area contributed by atoms with Gasteiger partial charge >= 0.3 is 0 Å². The highest BCUT2D eigenvalue weighted by molar-refractivity contribution is 7.14. The van der Waals surface area contributed by atoms with Gasteiger partial charge in [0.2, 0.25) is 0 Å². The first-order valence-electron chi connectivity index (χ1n) is 5.80. The van der Waals surface area contributed by atoms with Gasteiger partial charge in [0.1, 0.15) is 10.8 Å². The molecule has 0 bridgehead atoms. The van der Waals surface area contributed by atoms with E-state index in [0.29, 0.717) is 0 Å². The molecular weight excluding hydrogens is 248 g/mol. The largest absolute Gasteiger partial charge is 0.494 e. The van der Waals surface area contributed by atoms with Crippen molar-refractivity contribution in [2.24, 2.45) is 0 Å². The van der Waals surface area contributed by atoms with Gasteiger partial charge in [-0.25, -0.2) is 0 Å². The maximum atomic E-state index is 5.27. The third-order valence-corrected chi connectivity index (χ3v) is 3.54. The van der Waals surface area contributed by atoms with Gasteiger partial charge in [-0.1, -0.05) is 11.3 Å². The number of nitrogens with zero attached hydrogens (tertiary/aromatic N) is 3. The Labute approximate surface area is 110 Å². The summed E-state index contributed by atoms with van der Waals surface area (Å²) in [6, 6.07) is 1.90. The van der Waals surface area contributed by atoms with Crippen molar-refractivity contribution in [2.45, 2.75) is 12.8 Å². The Kier molecular flexibility index (Phi) is 4.60. The molecule has 2 aromatic heterocycles. The highest BCUT2D eigenvalue weighted by Crippen LogP contribution is 2.31. The lowest BCUT2D eigenvalue weighted by Crippen LogP contribution is -2.08. The molecule has 2 rings (SSSR count). The Bertz CT molecular complexity index is 500. The van der Waals surface area contributed by atoms with Crippen molar-refractivity contribution in [3.63, 3.8) is 0 Å². The number of nitrogens with one attached hydrogen (secondary N) is 1. The van der Waals surface area contributed by atoms with E-state index in [1.807, 2.05) is 13.1 Å². The molecule has 2 heterocycles. The molecule has 6 heteroatoms. The van der Waals surface area contributed by atoms with E-state index in [1.165, 1.54) is 0 Å². The normalized spacial score (nSPS) is 10.6. The van der Waals surface area contributed by atoms with E-state index in [-0.39, 0.29) is 0 Å². The van der Waals surface area contributed by atoms with Crippen molar-refractivity contribution < 1.29 is 4.74 Å². The van der Waals surface area contributed by atoms with Crippen molar-refractivity contribution in [3.8, 4) is 16.3 Å². The van der Waals surface area contributed by atoms with E-state index in [9.17, 15) is 0 Å². The average Bonchev–Trinajstić information content (AvgIpc) is 2.88. The van der Waals surface area contributed by atoms with Gasteiger partial charge in [-0.15, -0.1) is 10.2 Å². The fourth-order valence-corrected chi connectivity index (χ4v) is 2.51. The minimum absolute atomic E-state index is 0.732. The lowest BCUT2D eigenvalue weighted by molar-refractivity contribution is 0.414. The number of hydrogen-bond donors (Lipinski definition) is 1. The second-order valence-electron chi connectivity index (χ2n) is 3.78. The molecule has 0 saturated heterocycles. The maximum Gasteiger partial charge on any atom is 0.151 e. The Balaban J connectivity index is 2.13. The van der Waals surface area contributed by atoms with E-state index < -0.39 is 0 Å². The number of pyridine rings is 1. The molecule has 18 heavy (non-hydrogen) atoms. The average molecular weight is 264 g/mol. The number of aromatic nitrogens is 3. The first-order chi connectivity index (χ1) is 8.85. The molecule has 0 atom stereocenters. The number of hydrogen-bond acceptors (Lipinski definition) is 6. The van der Waals surface area contributed by atoms with Crippen molar-refractivity contribution in [2.75, 3.05) is 20.7 Å². The SMILES string of the molecule is CNCCCc1nnc(-c2ccncc2OC)s1. The van der Waals surface area contributed by atoms with Crippen molar-refractivity contribution in [1.82, 2.24) is 20.5 Å². The summed E-state index contributed by atoms with van der Waals surface area (Å²) >= 11 is 1.61. The molecule has 96 valence electrons. The standard InChI is InChI=1S/C12H16N4OS/c1-13-6-3-4-11-15-16-12(18-11)9-5-7-14-8-10(9)17-2/h5,7-8,13H,3-4,6H2,1-2H3. The first-order valence-corrected chi connectivity index (χ1v) is 6.62. The molecule has 0 aromatic carbocycles. The molecule has 0 spiro atoms. The predicted octanol–water partition coefficient (Wildman–Crippen LogP) is 1.76. The van der Waals surface area contributed by atoms with Crippen LogP contribution < -0.4 is 10.1 Å². The van der Waals surface area contributed by atoms with Crippen LogP contribution in [-0.4, -0.2) is 35.9 Å². The molecule has 0 unspecified atom stereocenters. The van der Waals surface area contributed by atoms with E-state index in [2.05, 4.69) is 20.5 Å². The fraction of sp³-hybridized carbons (Fsp3) is 0.417. The van der Waals surface area contributed by atoms with Crippen LogP contribution in [0.2, 0.25) is 0 Å². The zero-order chi connectivity index (χ0) is 12.8. The minimum Gasteiger partial charge on any atom is -0.494 e. The quantitative estimate of drug-likeness (QED) is 0.806. The summed E-state index contributed by atoms with van der Waals surface area (Å²) in [4.78, 5) is 4.03. The van der Waals surface area contributed by atoms with Gasteiger partial charge in [-0.05, 0) is 26.1 Å². The highest BCUT2D eigenvalue weighted by Gasteiger charge is 2.11. The van der Waals surface area contributed by atoms with Gasteiger partial charge in [0.05, 0.1) is 18.9 Å². The highest BCUT2D eigenvalue weighted by atomic mass is 32.1. The molecule has 0 aliphatic rings. The molecule has 0 saturated carbocycles. The molecule has 0 amide bonds. The van der Waals surface area contributed by atoms with Crippen LogP contribution in [0.4, 0.5) is 0 Å². The summed E-state index contributed by atoms with van der Waals surface area (Å²) in [7, 11) is 3.59. The van der Waals surface area contributed by atoms with E-state index >= 15 is 0 Å². The summed E-state index contributed by atoms with van der Waals surface area (Å²) in [6.45, 7) is 0.994. The lowest BCUT2D eigenvalue weighted by Gasteiger charge is -2.02. The van der Waals surface area contributed by atoms with Gasteiger partial charge in [0, 0.05) is 12.6 Å². The third kappa shape index (κ3) is 3.02. The molecule has 0 fully saturated rings. The van der Waals surface area contributed by atoms with E-state index in [1.54, 1.807) is 30.8 Å². The third-order valence-electron chi connectivity index (χ3n) is 2.52. The van der Waals surface area contributed by atoms with Crippen molar-refractivity contribution in [3.05, 3.63) is 23.5 Å². The maximum absolute atomic E-state index is 5.27. The molecule has 0 aliphatic carbocycles. The van der Waals surface area contributed by atoms with Crippen LogP contribution in [0.3, 0.4) is 0 Å². The van der Waals surface area contributed by atoms with Gasteiger partial charge < -0.3 is 10.1 Å². The van der Waals surface area contributed by atoms with Crippen molar-refractivity contribution >= 4 is 11.3 Å². The number of methoxy groups -OCH3 is 1. The van der Waals surface area contributed by atoms with Crippen LogP contribution in [0.15, 0.2) is 18.5 Å². The monoisotopic (exact) mass is 264 g/mol. The van der Waals surface area contributed by atoms with Crippen molar-refractivity contribution in [1.29, 1.82) is 0 Å². The van der Waals surface area contributed by atoms with Crippen LogP contribution in [0.1, 0.15) is 11.4 Å². The van der Waals surface area contributed by atoms with E-state index in [0.717, 1.165) is 40.7 Å². The topological polar surface area (TPSA) is 59.9 Å². The molecular formula is C12H16N4OS. The second-order valence-corrected chi connectivity index (χ2v) is 4.85.